The normalized spacial score (nSPS) is 10.0. The average Bonchev–Trinajstić information content (AvgIpc) is 2.37. The molecule has 2 aromatic rings. The van der Waals surface area contributed by atoms with Crippen molar-refractivity contribution in [3.05, 3.63) is 65.2 Å². The molecule has 0 amide bonds. The van der Waals surface area contributed by atoms with Gasteiger partial charge in [-0.1, -0.05) is 31.8 Å². The van der Waals surface area contributed by atoms with E-state index < -0.39 is 0 Å². The summed E-state index contributed by atoms with van der Waals surface area (Å²) >= 11 is 0. The highest BCUT2D eigenvalue weighted by molar-refractivity contribution is 5.43. The Labute approximate surface area is 107 Å². The van der Waals surface area contributed by atoms with E-state index in [0.717, 1.165) is 11.1 Å². The zero-order valence-corrected chi connectivity index (χ0v) is 10.4. The van der Waals surface area contributed by atoms with Crippen molar-refractivity contribution in [2.24, 2.45) is 0 Å². The smallest absolute Gasteiger partial charge is 0.127 e. The van der Waals surface area contributed by atoms with Gasteiger partial charge in [0.2, 0.25) is 0 Å². The van der Waals surface area contributed by atoms with Crippen LogP contribution in [-0.2, 0) is 0 Å². The molecule has 0 N–H and O–H groups in total. The van der Waals surface area contributed by atoms with Crippen LogP contribution in [0.2, 0.25) is 0 Å². The molecule has 0 aliphatic carbocycles. The molecule has 0 bridgehead atoms. The summed E-state index contributed by atoms with van der Waals surface area (Å²) in [4.78, 5) is 3.92. The number of rotatable bonds is 1. The largest absolute Gasteiger partial charge is 0.265 e. The summed E-state index contributed by atoms with van der Waals surface area (Å²) in [6.45, 7) is 3.95. The SMILES string of the molecule is CC(C)c1ccc(C#Cc2ccncc2)cc1F. The van der Waals surface area contributed by atoms with Crippen LogP contribution in [0.5, 0.6) is 0 Å². The summed E-state index contributed by atoms with van der Waals surface area (Å²) in [5.41, 5.74) is 2.29. The van der Waals surface area contributed by atoms with Gasteiger partial charge in [-0.3, -0.25) is 4.98 Å². The molecule has 2 heteroatoms. The van der Waals surface area contributed by atoms with Crippen molar-refractivity contribution in [2.75, 3.05) is 0 Å². The van der Waals surface area contributed by atoms with Gasteiger partial charge >= 0.3 is 0 Å². The van der Waals surface area contributed by atoms with E-state index in [-0.39, 0.29) is 11.7 Å². The molecule has 0 saturated heterocycles. The van der Waals surface area contributed by atoms with E-state index in [2.05, 4.69) is 16.8 Å². The Balaban J connectivity index is 2.27. The molecule has 0 aliphatic heterocycles. The molecule has 0 aliphatic rings. The van der Waals surface area contributed by atoms with Gasteiger partial charge in [0.25, 0.3) is 0 Å². The van der Waals surface area contributed by atoms with Crippen LogP contribution in [0.1, 0.15) is 36.5 Å². The zero-order valence-electron chi connectivity index (χ0n) is 10.4. The molecule has 1 aromatic heterocycles. The van der Waals surface area contributed by atoms with E-state index in [4.69, 9.17) is 0 Å². The molecular weight excluding hydrogens is 225 g/mol. The van der Waals surface area contributed by atoms with Crippen LogP contribution in [0.25, 0.3) is 0 Å². The van der Waals surface area contributed by atoms with Crippen LogP contribution in [0.15, 0.2) is 42.7 Å². The molecular formula is C16H14FN. The highest BCUT2D eigenvalue weighted by Crippen LogP contribution is 2.18. The molecule has 0 saturated carbocycles. The van der Waals surface area contributed by atoms with Crippen molar-refractivity contribution in [3.63, 3.8) is 0 Å². The summed E-state index contributed by atoms with van der Waals surface area (Å²) < 4.78 is 13.7. The second kappa shape index (κ2) is 5.46. The Morgan fingerprint density at radius 2 is 1.67 bits per heavy atom. The van der Waals surface area contributed by atoms with E-state index in [1.807, 2.05) is 32.0 Å². The second-order valence-electron chi connectivity index (χ2n) is 4.38. The van der Waals surface area contributed by atoms with E-state index >= 15 is 0 Å². The van der Waals surface area contributed by atoms with Gasteiger partial charge < -0.3 is 0 Å². The first-order valence-corrected chi connectivity index (χ1v) is 5.88. The Morgan fingerprint density at radius 1 is 1.00 bits per heavy atom. The fourth-order valence-electron chi connectivity index (χ4n) is 1.65. The Morgan fingerprint density at radius 3 is 2.28 bits per heavy atom. The molecule has 1 nitrogen and oxygen atoms in total. The third kappa shape index (κ3) is 2.95. The van der Waals surface area contributed by atoms with Gasteiger partial charge in [-0.15, -0.1) is 0 Å². The van der Waals surface area contributed by atoms with Crippen LogP contribution in [0.3, 0.4) is 0 Å². The highest BCUT2D eigenvalue weighted by Gasteiger charge is 2.05. The highest BCUT2D eigenvalue weighted by atomic mass is 19.1. The summed E-state index contributed by atoms with van der Waals surface area (Å²) in [7, 11) is 0. The summed E-state index contributed by atoms with van der Waals surface area (Å²) in [5, 5.41) is 0. The quantitative estimate of drug-likeness (QED) is 0.691. The summed E-state index contributed by atoms with van der Waals surface area (Å²) in [5.74, 6) is 5.93. The first-order chi connectivity index (χ1) is 8.66. The molecule has 1 heterocycles. The molecule has 2 rings (SSSR count). The van der Waals surface area contributed by atoms with Gasteiger partial charge in [-0.05, 0) is 35.7 Å². The number of pyridine rings is 1. The molecule has 0 radical (unpaired) electrons. The van der Waals surface area contributed by atoms with Crippen molar-refractivity contribution >= 4 is 0 Å². The summed E-state index contributed by atoms with van der Waals surface area (Å²) in [6.07, 6.45) is 3.37. The fraction of sp³-hybridized carbons (Fsp3) is 0.188. The topological polar surface area (TPSA) is 12.9 Å². The van der Waals surface area contributed by atoms with Crippen molar-refractivity contribution in [1.82, 2.24) is 4.98 Å². The first kappa shape index (κ1) is 12.3. The zero-order chi connectivity index (χ0) is 13.0. The summed E-state index contributed by atoms with van der Waals surface area (Å²) in [6, 6.07) is 8.80. The van der Waals surface area contributed by atoms with Crippen molar-refractivity contribution in [1.29, 1.82) is 0 Å². The minimum absolute atomic E-state index is 0.187. The maximum Gasteiger partial charge on any atom is 0.127 e. The third-order valence-electron chi connectivity index (χ3n) is 2.65. The number of nitrogens with zero attached hydrogens (tertiary/aromatic N) is 1. The molecule has 18 heavy (non-hydrogen) atoms. The first-order valence-electron chi connectivity index (χ1n) is 5.88. The van der Waals surface area contributed by atoms with Crippen LogP contribution >= 0.6 is 0 Å². The lowest BCUT2D eigenvalue weighted by molar-refractivity contribution is 0.598. The predicted molar refractivity (Wildman–Crippen MR) is 70.7 cm³/mol. The molecule has 0 fully saturated rings. The lowest BCUT2D eigenvalue weighted by atomic mass is 10.0. The molecule has 1 aromatic carbocycles. The number of aromatic nitrogens is 1. The maximum atomic E-state index is 13.7. The maximum absolute atomic E-state index is 13.7. The Bertz CT molecular complexity index is 591. The fourth-order valence-corrected chi connectivity index (χ4v) is 1.65. The Hall–Kier alpha value is -2.14. The van der Waals surface area contributed by atoms with Gasteiger partial charge in [0.1, 0.15) is 5.82 Å². The van der Waals surface area contributed by atoms with Crippen LogP contribution < -0.4 is 0 Å². The standard InChI is InChI=1S/C16H14FN/c1-12(2)15-6-5-14(11-16(15)17)4-3-13-7-9-18-10-8-13/h5-12H,1-2H3. The van der Waals surface area contributed by atoms with Gasteiger partial charge in [-0.25, -0.2) is 4.39 Å². The number of benzene rings is 1. The van der Waals surface area contributed by atoms with Gasteiger partial charge in [0, 0.05) is 23.5 Å². The van der Waals surface area contributed by atoms with E-state index in [9.17, 15) is 4.39 Å². The third-order valence-corrected chi connectivity index (χ3v) is 2.65. The van der Waals surface area contributed by atoms with E-state index in [0.29, 0.717) is 5.56 Å². The van der Waals surface area contributed by atoms with Crippen LogP contribution in [0.4, 0.5) is 4.39 Å². The van der Waals surface area contributed by atoms with E-state index in [1.54, 1.807) is 18.5 Å². The van der Waals surface area contributed by atoms with Crippen molar-refractivity contribution in [3.8, 4) is 11.8 Å². The van der Waals surface area contributed by atoms with Crippen molar-refractivity contribution < 1.29 is 4.39 Å². The minimum atomic E-state index is -0.188. The average molecular weight is 239 g/mol. The van der Waals surface area contributed by atoms with Crippen LogP contribution in [0, 0.1) is 17.7 Å². The van der Waals surface area contributed by atoms with Gasteiger partial charge in [-0.2, -0.15) is 0 Å². The molecule has 0 unspecified atom stereocenters. The minimum Gasteiger partial charge on any atom is -0.265 e. The second-order valence-corrected chi connectivity index (χ2v) is 4.38. The number of hydrogen-bond acceptors (Lipinski definition) is 1. The number of halogens is 1. The predicted octanol–water partition coefficient (Wildman–Crippen LogP) is 3.74. The van der Waals surface area contributed by atoms with Gasteiger partial charge in [0.05, 0.1) is 0 Å². The monoisotopic (exact) mass is 239 g/mol. The molecule has 0 spiro atoms. The molecule has 90 valence electrons. The molecule has 0 atom stereocenters. The van der Waals surface area contributed by atoms with E-state index in [1.165, 1.54) is 6.07 Å². The lowest BCUT2D eigenvalue weighted by Gasteiger charge is -2.06. The lowest BCUT2D eigenvalue weighted by Crippen LogP contribution is -1.93. The number of hydrogen-bond donors (Lipinski definition) is 0. The Kier molecular flexibility index (Phi) is 3.74. The van der Waals surface area contributed by atoms with Crippen LogP contribution in [-0.4, -0.2) is 4.98 Å². The van der Waals surface area contributed by atoms with Crippen molar-refractivity contribution in [2.45, 2.75) is 19.8 Å². The van der Waals surface area contributed by atoms with Gasteiger partial charge in [0.15, 0.2) is 0 Å².